The second kappa shape index (κ2) is 9.54. The quantitative estimate of drug-likeness (QED) is 0.249. The second-order valence-corrected chi connectivity index (χ2v) is 11.3. The summed E-state index contributed by atoms with van der Waals surface area (Å²) >= 11 is 13.0. The smallest absolute Gasteiger partial charge is 0.270 e. The van der Waals surface area contributed by atoms with Crippen molar-refractivity contribution in [2.24, 2.45) is 0 Å². The molecule has 1 aromatic heterocycles. The van der Waals surface area contributed by atoms with Crippen LogP contribution in [0.25, 0.3) is 21.8 Å². The Bertz CT molecular complexity index is 1680. The Morgan fingerprint density at radius 2 is 1.57 bits per heavy atom. The SMILES string of the molecule is O=C(CSc1nc2ccccc2n1S(=O)(=O)c1ccc2ccccc2c1)Nc1cc(Cl)cc(Cl)c1. The lowest BCUT2D eigenvalue weighted by Gasteiger charge is -2.11. The molecule has 0 aliphatic heterocycles. The van der Waals surface area contributed by atoms with Gasteiger partial charge in [-0.25, -0.2) is 17.4 Å². The number of hydrogen-bond donors (Lipinski definition) is 1. The van der Waals surface area contributed by atoms with Crippen molar-refractivity contribution in [1.82, 2.24) is 8.96 Å². The molecule has 0 radical (unpaired) electrons. The summed E-state index contributed by atoms with van der Waals surface area (Å²) < 4.78 is 28.7. The molecular formula is C25H17Cl2N3O3S2. The van der Waals surface area contributed by atoms with Crippen LogP contribution in [0.1, 0.15) is 0 Å². The first-order chi connectivity index (χ1) is 16.8. The van der Waals surface area contributed by atoms with Crippen molar-refractivity contribution in [2.45, 2.75) is 10.1 Å². The van der Waals surface area contributed by atoms with Crippen molar-refractivity contribution < 1.29 is 13.2 Å². The molecule has 0 saturated carbocycles. The van der Waals surface area contributed by atoms with Crippen LogP contribution in [-0.2, 0) is 14.8 Å². The van der Waals surface area contributed by atoms with E-state index in [1.165, 1.54) is 3.97 Å². The van der Waals surface area contributed by atoms with E-state index in [4.69, 9.17) is 23.2 Å². The van der Waals surface area contributed by atoms with E-state index >= 15 is 0 Å². The van der Waals surface area contributed by atoms with Gasteiger partial charge in [0.05, 0.1) is 21.7 Å². The Hall–Kier alpha value is -3.04. The van der Waals surface area contributed by atoms with Crippen LogP contribution in [0.5, 0.6) is 0 Å². The minimum atomic E-state index is -4.00. The average Bonchev–Trinajstić information content (AvgIpc) is 3.21. The summed E-state index contributed by atoms with van der Waals surface area (Å²) in [4.78, 5) is 17.2. The summed E-state index contributed by atoms with van der Waals surface area (Å²) in [7, 11) is -4.00. The number of thioether (sulfide) groups is 1. The molecule has 0 unspecified atom stereocenters. The van der Waals surface area contributed by atoms with Crippen molar-refractivity contribution in [2.75, 3.05) is 11.1 Å². The minimum absolute atomic E-state index is 0.0688. The number of halogens is 2. The third-order valence-electron chi connectivity index (χ3n) is 5.23. The van der Waals surface area contributed by atoms with Crippen molar-refractivity contribution in [3.8, 4) is 0 Å². The number of nitrogens with zero attached hydrogens (tertiary/aromatic N) is 2. The Kier molecular flexibility index (Phi) is 6.46. The fourth-order valence-electron chi connectivity index (χ4n) is 3.69. The number of nitrogens with one attached hydrogen (secondary N) is 1. The first-order valence-corrected chi connectivity index (χ1v) is 13.6. The molecule has 4 aromatic carbocycles. The maximum Gasteiger partial charge on any atom is 0.270 e. The van der Waals surface area contributed by atoms with Crippen LogP contribution in [0.4, 0.5) is 5.69 Å². The predicted molar refractivity (Wildman–Crippen MR) is 142 cm³/mol. The highest BCUT2D eigenvalue weighted by Gasteiger charge is 2.25. The van der Waals surface area contributed by atoms with Crippen LogP contribution in [-0.4, -0.2) is 29.0 Å². The summed E-state index contributed by atoms with van der Waals surface area (Å²) in [6.07, 6.45) is 0. The lowest BCUT2D eigenvalue weighted by Crippen LogP contribution is -2.17. The molecular weight excluding hydrogens is 525 g/mol. The normalized spacial score (nSPS) is 11.7. The molecule has 0 saturated heterocycles. The maximum absolute atomic E-state index is 13.8. The molecule has 10 heteroatoms. The highest BCUT2D eigenvalue weighted by molar-refractivity contribution is 8.00. The van der Waals surface area contributed by atoms with E-state index in [-0.39, 0.29) is 21.7 Å². The number of anilines is 1. The van der Waals surface area contributed by atoms with Gasteiger partial charge in [0.15, 0.2) is 5.16 Å². The fraction of sp³-hybridized carbons (Fsp3) is 0.0400. The van der Waals surface area contributed by atoms with Crippen molar-refractivity contribution >= 4 is 78.4 Å². The van der Waals surface area contributed by atoms with E-state index in [0.29, 0.717) is 26.8 Å². The number of carbonyl (C=O) groups excluding carboxylic acids is 1. The number of hydrogen-bond acceptors (Lipinski definition) is 5. The van der Waals surface area contributed by atoms with Crippen LogP contribution in [0, 0.1) is 0 Å². The van der Waals surface area contributed by atoms with Gasteiger partial charge in [-0.2, -0.15) is 0 Å². The molecule has 35 heavy (non-hydrogen) atoms. The number of carbonyl (C=O) groups is 1. The minimum Gasteiger partial charge on any atom is -0.325 e. The summed E-state index contributed by atoms with van der Waals surface area (Å²) in [5.41, 5.74) is 1.40. The molecule has 0 spiro atoms. The zero-order valence-electron chi connectivity index (χ0n) is 18.0. The Morgan fingerprint density at radius 3 is 2.34 bits per heavy atom. The number of rotatable bonds is 6. The van der Waals surface area contributed by atoms with Gasteiger partial charge in [-0.3, -0.25) is 4.79 Å². The summed E-state index contributed by atoms with van der Waals surface area (Å²) in [6, 6.07) is 24.2. The van der Waals surface area contributed by atoms with Gasteiger partial charge in [0.1, 0.15) is 0 Å². The van der Waals surface area contributed by atoms with Crippen LogP contribution in [0.15, 0.2) is 95.0 Å². The standard InChI is InChI=1S/C25H17Cl2N3O3S2/c26-18-12-19(27)14-20(13-18)28-24(31)15-34-25-29-22-7-3-4-8-23(22)30(25)35(32,33)21-10-9-16-5-1-2-6-17(16)11-21/h1-14H,15H2,(H,28,31). The monoisotopic (exact) mass is 541 g/mol. The van der Waals surface area contributed by atoms with Gasteiger partial charge in [-0.1, -0.05) is 77.4 Å². The van der Waals surface area contributed by atoms with Crippen LogP contribution in [0.3, 0.4) is 0 Å². The molecule has 5 rings (SSSR count). The van der Waals surface area contributed by atoms with E-state index in [2.05, 4.69) is 10.3 Å². The fourth-order valence-corrected chi connectivity index (χ4v) is 6.77. The third kappa shape index (κ3) is 4.88. The van der Waals surface area contributed by atoms with Gasteiger partial charge < -0.3 is 5.32 Å². The summed E-state index contributed by atoms with van der Waals surface area (Å²) in [6.45, 7) is 0. The highest BCUT2D eigenvalue weighted by atomic mass is 35.5. The van der Waals surface area contributed by atoms with Gasteiger partial charge in [0.2, 0.25) is 5.91 Å². The molecule has 1 N–H and O–H groups in total. The first-order valence-electron chi connectivity index (χ1n) is 10.4. The molecule has 6 nitrogen and oxygen atoms in total. The molecule has 0 bridgehead atoms. The van der Waals surface area contributed by atoms with E-state index in [1.807, 2.05) is 24.3 Å². The van der Waals surface area contributed by atoms with Crippen molar-refractivity contribution in [1.29, 1.82) is 0 Å². The van der Waals surface area contributed by atoms with E-state index in [1.54, 1.807) is 60.7 Å². The second-order valence-electron chi connectivity index (χ2n) is 7.66. The Morgan fingerprint density at radius 1 is 0.886 bits per heavy atom. The molecule has 176 valence electrons. The Balaban J connectivity index is 1.48. The van der Waals surface area contributed by atoms with Crippen LogP contribution < -0.4 is 5.32 Å². The molecule has 1 amide bonds. The lowest BCUT2D eigenvalue weighted by atomic mass is 10.1. The number of aromatic nitrogens is 2. The highest BCUT2D eigenvalue weighted by Crippen LogP contribution is 2.30. The van der Waals surface area contributed by atoms with Gasteiger partial charge >= 0.3 is 0 Å². The largest absolute Gasteiger partial charge is 0.325 e. The number of fused-ring (bicyclic) bond motifs is 2. The van der Waals surface area contributed by atoms with Crippen molar-refractivity contribution in [3.05, 3.63) is 95.0 Å². The number of benzene rings is 4. The van der Waals surface area contributed by atoms with E-state index < -0.39 is 10.0 Å². The topological polar surface area (TPSA) is 81.1 Å². The maximum atomic E-state index is 13.8. The summed E-state index contributed by atoms with van der Waals surface area (Å²) in [5, 5.41) is 5.45. The van der Waals surface area contributed by atoms with Gasteiger partial charge in [0, 0.05) is 15.7 Å². The third-order valence-corrected chi connectivity index (χ3v) is 8.42. The first kappa shape index (κ1) is 23.7. The van der Waals surface area contributed by atoms with E-state index in [0.717, 1.165) is 22.5 Å². The molecule has 0 aliphatic carbocycles. The summed E-state index contributed by atoms with van der Waals surface area (Å²) in [5.74, 6) is -0.421. The lowest BCUT2D eigenvalue weighted by molar-refractivity contribution is -0.113. The van der Waals surface area contributed by atoms with Gasteiger partial charge in [-0.15, -0.1) is 0 Å². The van der Waals surface area contributed by atoms with Crippen LogP contribution in [0.2, 0.25) is 10.0 Å². The molecule has 0 atom stereocenters. The van der Waals surface area contributed by atoms with Gasteiger partial charge in [0.25, 0.3) is 10.0 Å². The zero-order valence-corrected chi connectivity index (χ0v) is 21.1. The number of imidazole rings is 1. The molecule has 0 fully saturated rings. The van der Waals surface area contributed by atoms with Crippen LogP contribution >= 0.6 is 35.0 Å². The molecule has 0 aliphatic rings. The van der Waals surface area contributed by atoms with Gasteiger partial charge in [-0.05, 0) is 53.2 Å². The van der Waals surface area contributed by atoms with E-state index in [9.17, 15) is 13.2 Å². The average molecular weight is 542 g/mol. The Labute approximate surface area is 215 Å². The molecule has 5 aromatic rings. The predicted octanol–water partition coefficient (Wildman–Crippen LogP) is 6.46. The number of para-hydroxylation sites is 2. The molecule has 1 heterocycles. The van der Waals surface area contributed by atoms with Crippen molar-refractivity contribution in [3.63, 3.8) is 0 Å². The zero-order chi connectivity index (χ0) is 24.6. The number of amides is 1.